The number of rotatable bonds is 3. The Labute approximate surface area is 202 Å². The Bertz CT molecular complexity index is 1840. The third-order valence-electron chi connectivity index (χ3n) is 6.54. The van der Waals surface area contributed by atoms with E-state index in [4.69, 9.17) is 9.40 Å². The molecular weight excluding hydrogens is 428 g/mol. The number of benzene rings is 4. The summed E-state index contributed by atoms with van der Waals surface area (Å²) in [7, 11) is 0. The van der Waals surface area contributed by atoms with Gasteiger partial charge in [0.1, 0.15) is 11.2 Å². The lowest BCUT2D eigenvalue weighted by Gasteiger charge is -2.09. The van der Waals surface area contributed by atoms with Crippen molar-refractivity contribution >= 4 is 32.7 Å². The fraction of sp³-hybridized carbons (Fsp3) is 0. The molecule has 0 N–H and O–H groups in total. The third kappa shape index (κ3) is 3.29. The highest BCUT2D eigenvalue weighted by Gasteiger charge is 2.16. The van der Waals surface area contributed by atoms with Crippen molar-refractivity contribution < 1.29 is 4.42 Å². The van der Waals surface area contributed by atoms with Crippen molar-refractivity contribution in [1.82, 2.24) is 9.97 Å². The van der Waals surface area contributed by atoms with E-state index in [1.807, 2.05) is 36.4 Å². The van der Waals surface area contributed by atoms with Crippen molar-refractivity contribution in [2.24, 2.45) is 0 Å². The van der Waals surface area contributed by atoms with E-state index in [9.17, 15) is 0 Å². The summed E-state index contributed by atoms with van der Waals surface area (Å²) in [5.41, 5.74) is 7.87. The minimum absolute atomic E-state index is 0.857. The predicted molar refractivity (Wildman–Crippen MR) is 143 cm³/mol. The zero-order valence-corrected chi connectivity index (χ0v) is 18.8. The highest BCUT2D eigenvalue weighted by atomic mass is 16.3. The van der Waals surface area contributed by atoms with Gasteiger partial charge in [-0.15, -0.1) is 0 Å². The molecule has 3 aromatic heterocycles. The summed E-state index contributed by atoms with van der Waals surface area (Å²) >= 11 is 0. The number of fused-ring (bicyclic) bond motifs is 5. The zero-order chi connectivity index (χ0) is 23.2. The van der Waals surface area contributed by atoms with Gasteiger partial charge in [0, 0.05) is 27.9 Å². The van der Waals surface area contributed by atoms with E-state index in [0.29, 0.717) is 0 Å². The van der Waals surface area contributed by atoms with Crippen LogP contribution in [0.2, 0.25) is 0 Å². The van der Waals surface area contributed by atoms with Gasteiger partial charge in [-0.3, -0.25) is 4.98 Å². The maximum atomic E-state index is 6.41. The molecule has 0 fully saturated rings. The lowest BCUT2D eigenvalue weighted by atomic mass is 9.96. The van der Waals surface area contributed by atoms with E-state index in [0.717, 1.165) is 55.4 Å². The normalized spacial score (nSPS) is 11.4. The summed E-state index contributed by atoms with van der Waals surface area (Å²) in [6, 6.07) is 39.5. The van der Waals surface area contributed by atoms with Gasteiger partial charge in [-0.1, -0.05) is 72.8 Å². The Morgan fingerprint density at radius 3 is 2.11 bits per heavy atom. The summed E-state index contributed by atoms with van der Waals surface area (Å²) < 4.78 is 6.41. The minimum Gasteiger partial charge on any atom is -0.455 e. The second-order valence-corrected chi connectivity index (χ2v) is 8.65. The summed E-state index contributed by atoms with van der Waals surface area (Å²) in [5.74, 6) is 0. The molecule has 164 valence electrons. The number of nitrogens with zero attached hydrogens (tertiary/aromatic N) is 2. The van der Waals surface area contributed by atoms with E-state index >= 15 is 0 Å². The predicted octanol–water partition coefficient (Wildman–Crippen LogP) is 8.53. The van der Waals surface area contributed by atoms with E-state index < -0.39 is 0 Å². The first-order valence-electron chi connectivity index (χ1n) is 11.7. The molecule has 0 radical (unpaired) electrons. The fourth-order valence-electron chi connectivity index (χ4n) is 4.86. The van der Waals surface area contributed by atoms with Crippen LogP contribution in [-0.2, 0) is 0 Å². The van der Waals surface area contributed by atoms with Gasteiger partial charge in [0.25, 0.3) is 0 Å². The van der Waals surface area contributed by atoms with Crippen LogP contribution in [-0.4, -0.2) is 9.97 Å². The standard InChI is InChI=1S/C32H20N2O/c1-2-9-21(10-3-1)22-16-17-31-26(19-22)27-20-25(23-11-4-5-12-24(23)32(27)35-31)28-14-8-15-30(34-28)29-13-6-7-18-33-29/h1-20H. The first-order valence-corrected chi connectivity index (χ1v) is 11.7. The SMILES string of the molecule is c1ccc(-c2ccc3oc4c5ccccc5c(-c5cccc(-c6ccccn6)n5)cc4c3c2)cc1. The van der Waals surface area contributed by atoms with Gasteiger partial charge in [0.2, 0.25) is 0 Å². The highest BCUT2D eigenvalue weighted by Crippen LogP contribution is 2.40. The van der Waals surface area contributed by atoms with E-state index in [2.05, 4.69) is 83.8 Å². The van der Waals surface area contributed by atoms with Gasteiger partial charge in [-0.2, -0.15) is 0 Å². The Kier molecular flexibility index (Phi) is 4.46. The molecule has 0 aliphatic heterocycles. The molecule has 7 aromatic rings. The molecule has 3 heterocycles. The average Bonchev–Trinajstić information content (AvgIpc) is 3.32. The molecule has 0 saturated carbocycles. The first-order chi connectivity index (χ1) is 17.3. The molecule has 0 aliphatic rings. The third-order valence-corrected chi connectivity index (χ3v) is 6.54. The van der Waals surface area contributed by atoms with Gasteiger partial charge in [-0.25, -0.2) is 4.98 Å². The van der Waals surface area contributed by atoms with Crippen LogP contribution in [0, 0.1) is 0 Å². The van der Waals surface area contributed by atoms with Crippen LogP contribution in [0.3, 0.4) is 0 Å². The summed E-state index contributed by atoms with van der Waals surface area (Å²) in [4.78, 5) is 9.50. The van der Waals surface area contributed by atoms with Gasteiger partial charge in [-0.05, 0) is 59.0 Å². The van der Waals surface area contributed by atoms with Crippen LogP contribution >= 0.6 is 0 Å². The Hall–Kier alpha value is -4.76. The van der Waals surface area contributed by atoms with Crippen LogP contribution in [0.25, 0.3) is 66.5 Å². The Balaban J connectivity index is 1.50. The number of furan rings is 1. The molecule has 0 aliphatic carbocycles. The van der Waals surface area contributed by atoms with Crippen molar-refractivity contribution in [3.63, 3.8) is 0 Å². The molecule has 0 spiro atoms. The molecule has 4 aromatic carbocycles. The van der Waals surface area contributed by atoms with Gasteiger partial charge in [0.15, 0.2) is 0 Å². The number of pyridine rings is 2. The molecule has 7 rings (SSSR count). The molecule has 35 heavy (non-hydrogen) atoms. The molecule has 0 unspecified atom stereocenters. The maximum Gasteiger partial charge on any atom is 0.143 e. The van der Waals surface area contributed by atoms with E-state index in [1.54, 1.807) is 6.20 Å². The van der Waals surface area contributed by atoms with Gasteiger partial charge >= 0.3 is 0 Å². The van der Waals surface area contributed by atoms with Crippen molar-refractivity contribution in [2.75, 3.05) is 0 Å². The topological polar surface area (TPSA) is 38.9 Å². The molecule has 0 saturated heterocycles. The van der Waals surface area contributed by atoms with E-state index in [1.165, 1.54) is 11.1 Å². The fourth-order valence-corrected chi connectivity index (χ4v) is 4.86. The van der Waals surface area contributed by atoms with Crippen molar-refractivity contribution in [2.45, 2.75) is 0 Å². The maximum absolute atomic E-state index is 6.41. The van der Waals surface area contributed by atoms with Gasteiger partial charge in [0.05, 0.1) is 17.1 Å². The molecular formula is C32H20N2O. The van der Waals surface area contributed by atoms with Crippen molar-refractivity contribution in [3.8, 4) is 33.8 Å². The summed E-state index contributed by atoms with van der Waals surface area (Å²) in [6.45, 7) is 0. The van der Waals surface area contributed by atoms with Crippen molar-refractivity contribution in [3.05, 3.63) is 121 Å². The molecule has 3 nitrogen and oxygen atoms in total. The van der Waals surface area contributed by atoms with Gasteiger partial charge < -0.3 is 4.42 Å². The lowest BCUT2D eigenvalue weighted by Crippen LogP contribution is -1.91. The average molecular weight is 449 g/mol. The Morgan fingerprint density at radius 2 is 1.26 bits per heavy atom. The van der Waals surface area contributed by atoms with Crippen LogP contribution in [0.1, 0.15) is 0 Å². The second-order valence-electron chi connectivity index (χ2n) is 8.65. The highest BCUT2D eigenvalue weighted by molar-refractivity contribution is 6.19. The first kappa shape index (κ1) is 19.7. The number of hydrogen-bond acceptors (Lipinski definition) is 3. The summed E-state index contributed by atoms with van der Waals surface area (Å²) in [5, 5.41) is 4.40. The zero-order valence-electron chi connectivity index (χ0n) is 18.8. The molecule has 3 heteroatoms. The summed E-state index contributed by atoms with van der Waals surface area (Å²) in [6.07, 6.45) is 1.80. The molecule has 0 bridgehead atoms. The monoisotopic (exact) mass is 448 g/mol. The minimum atomic E-state index is 0.857. The smallest absolute Gasteiger partial charge is 0.143 e. The van der Waals surface area contributed by atoms with E-state index in [-0.39, 0.29) is 0 Å². The van der Waals surface area contributed by atoms with Crippen LogP contribution < -0.4 is 0 Å². The molecule has 0 amide bonds. The van der Waals surface area contributed by atoms with Crippen LogP contribution in [0.15, 0.2) is 126 Å². The second kappa shape index (κ2) is 7.93. The largest absolute Gasteiger partial charge is 0.455 e. The quantitative estimate of drug-likeness (QED) is 0.272. The number of aromatic nitrogens is 2. The van der Waals surface area contributed by atoms with Crippen LogP contribution in [0.4, 0.5) is 0 Å². The van der Waals surface area contributed by atoms with Crippen molar-refractivity contribution in [1.29, 1.82) is 0 Å². The number of hydrogen-bond donors (Lipinski definition) is 0. The Morgan fingerprint density at radius 1 is 0.486 bits per heavy atom. The lowest BCUT2D eigenvalue weighted by molar-refractivity contribution is 0.673. The van der Waals surface area contributed by atoms with Crippen LogP contribution in [0.5, 0.6) is 0 Å². The molecule has 0 atom stereocenters.